The topological polar surface area (TPSA) is 245 Å². The molecule has 2 rings (SSSR count). The van der Waals surface area contributed by atoms with Gasteiger partial charge in [-0.2, -0.15) is 0 Å². The fraction of sp³-hybridized carbons (Fsp3) is 0.949. The lowest BCUT2D eigenvalue weighted by Crippen LogP contribution is -2.70. The standard InChI is InChI=1S/C39H73NO14/c1-4-6-8-10-12-14-16-18-20-27(21-19-17-15-13-11-9-7-5-2)25-51-37-34(48)36(33(47)30(24-42)52-37)54-39(38(49)50)22-28(44)31(40-26(3)43)35(53-39)32(46)29(45)23-41/h27-37,41-42,44-48H,4-25H2,1-3H3,(H,40,43)(H,49,50)/t28-,29+,30+,31+,32+,33-,34+,35-,36-,37-,39-/m0/s1. The Kier molecular flexibility index (Phi) is 23.8. The van der Waals surface area contributed by atoms with E-state index >= 15 is 0 Å². The Labute approximate surface area is 321 Å². The van der Waals surface area contributed by atoms with Crippen molar-refractivity contribution in [3.8, 4) is 0 Å². The van der Waals surface area contributed by atoms with Gasteiger partial charge in [0.25, 0.3) is 5.79 Å². The van der Waals surface area contributed by atoms with Crippen LogP contribution in [0.3, 0.4) is 0 Å². The number of nitrogens with one attached hydrogen (secondary N) is 1. The van der Waals surface area contributed by atoms with Gasteiger partial charge in [0.1, 0.15) is 42.7 Å². The van der Waals surface area contributed by atoms with E-state index in [0.717, 1.165) is 45.4 Å². The third kappa shape index (κ3) is 15.8. The molecule has 0 aromatic heterocycles. The van der Waals surface area contributed by atoms with Crippen molar-refractivity contribution in [2.75, 3.05) is 19.8 Å². The van der Waals surface area contributed by atoms with E-state index in [1.165, 1.54) is 77.0 Å². The highest BCUT2D eigenvalue weighted by Crippen LogP contribution is 2.37. The van der Waals surface area contributed by atoms with Crippen LogP contribution in [0, 0.1) is 5.92 Å². The first-order valence-electron chi connectivity index (χ1n) is 20.6. The highest BCUT2D eigenvalue weighted by molar-refractivity contribution is 5.76. The van der Waals surface area contributed by atoms with E-state index in [-0.39, 0.29) is 12.5 Å². The molecule has 0 aromatic rings. The molecule has 9 N–H and O–H groups in total. The molecule has 318 valence electrons. The molecule has 2 saturated heterocycles. The Bertz CT molecular complexity index is 1000. The van der Waals surface area contributed by atoms with Crippen LogP contribution >= 0.6 is 0 Å². The van der Waals surface area contributed by atoms with Crippen LogP contribution in [0.25, 0.3) is 0 Å². The number of rotatable bonds is 29. The largest absolute Gasteiger partial charge is 0.477 e. The maximum absolute atomic E-state index is 12.8. The molecule has 0 aromatic carbocycles. The van der Waals surface area contributed by atoms with Gasteiger partial charge in [0, 0.05) is 13.3 Å². The molecule has 2 aliphatic rings. The van der Waals surface area contributed by atoms with Crippen LogP contribution in [-0.2, 0) is 28.5 Å². The van der Waals surface area contributed by atoms with Crippen molar-refractivity contribution in [1.82, 2.24) is 5.32 Å². The maximum Gasteiger partial charge on any atom is 0.364 e. The first-order chi connectivity index (χ1) is 25.8. The molecule has 0 aliphatic carbocycles. The molecule has 1 amide bonds. The predicted molar refractivity (Wildman–Crippen MR) is 199 cm³/mol. The molecular formula is C39H73NO14. The second kappa shape index (κ2) is 26.4. The van der Waals surface area contributed by atoms with Crippen molar-refractivity contribution in [1.29, 1.82) is 0 Å². The average molecular weight is 780 g/mol. The Balaban J connectivity index is 2.19. The third-order valence-corrected chi connectivity index (χ3v) is 10.8. The van der Waals surface area contributed by atoms with Gasteiger partial charge in [-0.3, -0.25) is 4.79 Å². The molecule has 0 bridgehead atoms. The molecule has 2 fully saturated rings. The number of unbranched alkanes of at least 4 members (excludes halogenated alkanes) is 14. The van der Waals surface area contributed by atoms with Crippen molar-refractivity contribution in [2.24, 2.45) is 5.92 Å². The van der Waals surface area contributed by atoms with Crippen molar-refractivity contribution in [2.45, 2.75) is 210 Å². The summed E-state index contributed by atoms with van der Waals surface area (Å²) >= 11 is 0. The number of carboxylic acid groups (broad SMARTS) is 1. The Morgan fingerprint density at radius 2 is 1.33 bits per heavy atom. The quantitative estimate of drug-likeness (QED) is 0.0496. The van der Waals surface area contributed by atoms with E-state index in [2.05, 4.69) is 19.2 Å². The number of aliphatic hydroxyl groups is 7. The zero-order chi connectivity index (χ0) is 40.1. The van der Waals surface area contributed by atoms with Gasteiger partial charge in [-0.25, -0.2) is 4.79 Å². The molecule has 0 unspecified atom stereocenters. The smallest absolute Gasteiger partial charge is 0.364 e. The zero-order valence-electron chi connectivity index (χ0n) is 32.9. The molecule has 15 nitrogen and oxygen atoms in total. The second-order valence-corrected chi connectivity index (χ2v) is 15.4. The summed E-state index contributed by atoms with van der Waals surface area (Å²) < 4.78 is 23.4. The highest BCUT2D eigenvalue weighted by atomic mass is 16.8. The van der Waals surface area contributed by atoms with Crippen LogP contribution < -0.4 is 5.32 Å². The molecule has 15 heteroatoms. The minimum atomic E-state index is -2.83. The molecular weight excluding hydrogens is 706 g/mol. The predicted octanol–water partition coefficient (Wildman–Crippen LogP) is 2.65. The van der Waals surface area contributed by atoms with Crippen LogP contribution in [-0.4, -0.2) is 140 Å². The first kappa shape index (κ1) is 48.6. The summed E-state index contributed by atoms with van der Waals surface area (Å²) in [4.78, 5) is 24.7. The number of aliphatic carboxylic acids is 1. The van der Waals surface area contributed by atoms with Crippen LogP contribution in [0.1, 0.15) is 143 Å². The Hall–Kier alpha value is -1.50. The van der Waals surface area contributed by atoms with Gasteiger partial charge in [-0.15, -0.1) is 0 Å². The summed E-state index contributed by atoms with van der Waals surface area (Å²) in [5.74, 6) is -5.16. The van der Waals surface area contributed by atoms with Gasteiger partial charge in [0.05, 0.1) is 32.0 Å². The van der Waals surface area contributed by atoms with Crippen molar-refractivity contribution in [3.05, 3.63) is 0 Å². The molecule has 2 aliphatic heterocycles. The summed E-state index contributed by atoms with van der Waals surface area (Å²) in [6.45, 7) is 4.04. The van der Waals surface area contributed by atoms with E-state index in [4.69, 9.17) is 18.9 Å². The van der Waals surface area contributed by atoms with Gasteiger partial charge in [0.2, 0.25) is 5.91 Å². The van der Waals surface area contributed by atoms with Crippen molar-refractivity contribution < 1.29 is 69.4 Å². The van der Waals surface area contributed by atoms with Gasteiger partial charge in [0.15, 0.2) is 6.29 Å². The summed E-state index contributed by atoms with van der Waals surface area (Å²) in [5.41, 5.74) is 0. The van der Waals surface area contributed by atoms with E-state index < -0.39 is 98.5 Å². The molecule has 2 heterocycles. The first-order valence-corrected chi connectivity index (χ1v) is 20.6. The zero-order valence-corrected chi connectivity index (χ0v) is 32.9. The van der Waals surface area contributed by atoms with Gasteiger partial charge < -0.3 is 65.1 Å². The maximum atomic E-state index is 12.8. The SMILES string of the molecule is CCCCCCCCCCC(CCCCCCCCCC)CO[C@H]1O[C@H](CO)[C@H](O)[C@H](O[C@]2(C(=O)O)C[C@H](O)[C@@H](NC(C)=O)[C@@H]([C@H](O)[C@H](O)CO)O2)[C@H]1O. The third-order valence-electron chi connectivity index (χ3n) is 10.8. The number of carbonyl (C=O) groups is 2. The fourth-order valence-electron chi connectivity index (χ4n) is 7.47. The Morgan fingerprint density at radius 3 is 1.80 bits per heavy atom. The number of carboxylic acids is 1. The molecule has 54 heavy (non-hydrogen) atoms. The van der Waals surface area contributed by atoms with Gasteiger partial charge in [-0.1, -0.05) is 117 Å². The van der Waals surface area contributed by atoms with Crippen LogP contribution in [0.2, 0.25) is 0 Å². The van der Waals surface area contributed by atoms with Gasteiger partial charge in [-0.05, 0) is 18.8 Å². The monoisotopic (exact) mass is 780 g/mol. The number of aliphatic hydroxyl groups excluding tert-OH is 7. The van der Waals surface area contributed by atoms with E-state index in [1.54, 1.807) is 0 Å². The number of hydrogen-bond acceptors (Lipinski definition) is 13. The minimum absolute atomic E-state index is 0.146. The number of hydrogen-bond donors (Lipinski definition) is 9. The Morgan fingerprint density at radius 1 is 0.815 bits per heavy atom. The number of carbonyl (C=O) groups excluding carboxylic acids is 1. The van der Waals surface area contributed by atoms with E-state index in [1.807, 2.05) is 0 Å². The van der Waals surface area contributed by atoms with Gasteiger partial charge >= 0.3 is 5.97 Å². The number of ether oxygens (including phenoxy) is 4. The highest BCUT2D eigenvalue weighted by Gasteiger charge is 2.59. The summed E-state index contributed by atoms with van der Waals surface area (Å²) in [6.07, 6.45) is 4.38. The second-order valence-electron chi connectivity index (χ2n) is 15.4. The van der Waals surface area contributed by atoms with Crippen molar-refractivity contribution in [3.63, 3.8) is 0 Å². The lowest BCUT2D eigenvalue weighted by atomic mass is 9.88. The summed E-state index contributed by atoms with van der Waals surface area (Å²) in [6, 6.07) is -1.43. The summed E-state index contributed by atoms with van der Waals surface area (Å²) in [7, 11) is 0. The number of amides is 1. The minimum Gasteiger partial charge on any atom is -0.477 e. The van der Waals surface area contributed by atoms with Crippen molar-refractivity contribution >= 4 is 11.9 Å². The lowest BCUT2D eigenvalue weighted by Gasteiger charge is -2.50. The molecule has 11 atom stereocenters. The molecule has 0 radical (unpaired) electrons. The average Bonchev–Trinajstić information content (AvgIpc) is 3.14. The molecule has 0 saturated carbocycles. The lowest BCUT2D eigenvalue weighted by molar-refractivity contribution is -0.370. The summed E-state index contributed by atoms with van der Waals surface area (Å²) in [5, 5.41) is 86.8. The van der Waals surface area contributed by atoms with E-state index in [0.29, 0.717) is 0 Å². The van der Waals surface area contributed by atoms with Crippen LogP contribution in [0.4, 0.5) is 0 Å². The van der Waals surface area contributed by atoms with Crippen LogP contribution in [0.5, 0.6) is 0 Å². The fourth-order valence-corrected chi connectivity index (χ4v) is 7.47. The van der Waals surface area contributed by atoms with Crippen LogP contribution in [0.15, 0.2) is 0 Å². The molecule has 0 spiro atoms. The normalized spacial score (nSPS) is 30.0. The van der Waals surface area contributed by atoms with E-state index in [9.17, 15) is 50.4 Å².